The number of hydrogen-bond acceptors (Lipinski definition) is 5. The number of rotatable bonds is 3. The van der Waals surface area contributed by atoms with Crippen molar-refractivity contribution >= 4 is 43.0 Å². The first-order valence-electron chi connectivity index (χ1n) is 6.39. The monoisotopic (exact) mass is 332 g/mol. The molecule has 0 bridgehead atoms. The van der Waals surface area contributed by atoms with Gasteiger partial charge in [-0.2, -0.15) is 0 Å². The molecule has 0 spiro atoms. The average Bonchev–Trinajstić information content (AvgIpc) is 2.96. The molecule has 3 aromatic rings. The van der Waals surface area contributed by atoms with E-state index in [2.05, 4.69) is 10.3 Å². The highest BCUT2D eigenvalue weighted by Gasteiger charge is 2.12. The number of fused-ring (bicyclic) bond motifs is 1. The maximum Gasteiger partial charge on any atom is 0.256 e. The second kappa shape index (κ2) is 5.51. The molecule has 5 nitrogen and oxygen atoms in total. The van der Waals surface area contributed by atoms with Crippen LogP contribution in [0.25, 0.3) is 10.1 Å². The van der Waals surface area contributed by atoms with Crippen molar-refractivity contribution < 1.29 is 13.2 Å². The van der Waals surface area contributed by atoms with E-state index in [0.29, 0.717) is 11.4 Å². The lowest BCUT2D eigenvalue weighted by molar-refractivity contribution is 0.102. The maximum absolute atomic E-state index is 12.2. The number of aromatic nitrogens is 1. The van der Waals surface area contributed by atoms with Crippen molar-refractivity contribution in [2.24, 2.45) is 0 Å². The summed E-state index contributed by atoms with van der Waals surface area (Å²) in [6.07, 6.45) is 2.77. The molecule has 0 saturated carbocycles. The first kappa shape index (κ1) is 14.7. The van der Waals surface area contributed by atoms with Crippen LogP contribution in [0.4, 0.5) is 5.82 Å². The normalized spacial score (nSPS) is 11.5. The van der Waals surface area contributed by atoms with Gasteiger partial charge in [-0.05, 0) is 41.8 Å². The van der Waals surface area contributed by atoms with Gasteiger partial charge in [0.15, 0.2) is 9.84 Å². The van der Waals surface area contributed by atoms with Gasteiger partial charge < -0.3 is 5.32 Å². The number of carbonyl (C=O) groups is 1. The summed E-state index contributed by atoms with van der Waals surface area (Å²) in [4.78, 5) is 16.6. The predicted molar refractivity (Wildman–Crippen MR) is 87.1 cm³/mol. The highest BCUT2D eigenvalue weighted by atomic mass is 32.2. The number of nitrogens with zero attached hydrogens (tertiary/aromatic N) is 1. The topological polar surface area (TPSA) is 76.1 Å². The van der Waals surface area contributed by atoms with Crippen LogP contribution in [-0.2, 0) is 9.84 Å². The van der Waals surface area contributed by atoms with Crippen LogP contribution in [0.5, 0.6) is 0 Å². The summed E-state index contributed by atoms with van der Waals surface area (Å²) in [6.45, 7) is 0. The summed E-state index contributed by atoms with van der Waals surface area (Å²) in [7, 11) is -3.27. The first-order chi connectivity index (χ1) is 10.4. The highest BCUT2D eigenvalue weighted by molar-refractivity contribution is 7.90. The molecule has 3 rings (SSSR count). The van der Waals surface area contributed by atoms with E-state index in [1.54, 1.807) is 17.5 Å². The second-order valence-corrected chi connectivity index (χ2v) is 7.71. The molecule has 2 aromatic heterocycles. The third kappa shape index (κ3) is 2.86. The lowest BCUT2D eigenvalue weighted by Crippen LogP contribution is -2.13. The van der Waals surface area contributed by atoms with E-state index in [9.17, 15) is 13.2 Å². The Balaban J connectivity index is 1.87. The zero-order valence-corrected chi connectivity index (χ0v) is 13.2. The Bertz CT molecular complexity index is 944. The van der Waals surface area contributed by atoms with Gasteiger partial charge in [0.25, 0.3) is 5.91 Å². The molecule has 0 unspecified atom stereocenters. The predicted octanol–water partition coefficient (Wildman–Crippen LogP) is 2.95. The van der Waals surface area contributed by atoms with Crippen LogP contribution in [0.1, 0.15) is 10.4 Å². The lowest BCUT2D eigenvalue weighted by atomic mass is 10.2. The molecule has 7 heteroatoms. The number of amides is 1. The minimum Gasteiger partial charge on any atom is -0.306 e. The number of sulfone groups is 1. The fourth-order valence-electron chi connectivity index (χ4n) is 2.03. The summed E-state index contributed by atoms with van der Waals surface area (Å²) in [5.41, 5.74) is 0.376. The summed E-state index contributed by atoms with van der Waals surface area (Å²) in [5.74, 6) is 0.169. The van der Waals surface area contributed by atoms with Crippen molar-refractivity contribution in [2.75, 3.05) is 11.6 Å². The zero-order chi connectivity index (χ0) is 15.7. The average molecular weight is 332 g/mol. The Morgan fingerprint density at radius 1 is 1.14 bits per heavy atom. The van der Waals surface area contributed by atoms with E-state index in [-0.39, 0.29) is 10.8 Å². The number of carbonyl (C=O) groups excluding carboxylic acids is 1. The number of hydrogen-bond donors (Lipinski definition) is 1. The minimum absolute atomic E-state index is 0.183. The molecule has 1 N–H and O–H groups in total. The van der Waals surface area contributed by atoms with E-state index < -0.39 is 9.84 Å². The Morgan fingerprint density at radius 2 is 1.86 bits per heavy atom. The smallest absolute Gasteiger partial charge is 0.256 e. The van der Waals surface area contributed by atoms with Crippen molar-refractivity contribution in [3.05, 3.63) is 53.5 Å². The van der Waals surface area contributed by atoms with Gasteiger partial charge in [-0.3, -0.25) is 4.79 Å². The third-order valence-electron chi connectivity index (χ3n) is 3.16. The molecular formula is C15H12N2O3S2. The van der Waals surface area contributed by atoms with Crippen LogP contribution in [0.3, 0.4) is 0 Å². The van der Waals surface area contributed by atoms with Gasteiger partial charge in [-0.25, -0.2) is 13.4 Å². The van der Waals surface area contributed by atoms with Crippen molar-refractivity contribution in [3.63, 3.8) is 0 Å². The molecular weight excluding hydrogens is 320 g/mol. The molecule has 0 aliphatic rings. The van der Waals surface area contributed by atoms with Gasteiger partial charge in [0.05, 0.1) is 4.90 Å². The Hall–Kier alpha value is -2.25. The molecule has 2 heterocycles. The van der Waals surface area contributed by atoms with Crippen LogP contribution in [-0.4, -0.2) is 25.6 Å². The van der Waals surface area contributed by atoms with Crippen molar-refractivity contribution in [1.29, 1.82) is 0 Å². The molecule has 0 aliphatic carbocycles. The summed E-state index contributed by atoms with van der Waals surface area (Å²) < 4.78 is 23.9. The zero-order valence-electron chi connectivity index (χ0n) is 11.6. The molecule has 0 saturated heterocycles. The summed E-state index contributed by atoms with van der Waals surface area (Å²) >= 11 is 1.57. The number of pyridine rings is 1. The molecule has 0 radical (unpaired) electrons. The van der Waals surface area contributed by atoms with Crippen molar-refractivity contribution in [3.8, 4) is 0 Å². The van der Waals surface area contributed by atoms with Gasteiger partial charge in [0.1, 0.15) is 5.82 Å². The molecule has 0 atom stereocenters. The molecule has 0 fully saturated rings. The SMILES string of the molecule is CS(=O)(=O)c1ccc(C(=O)Nc2nccc3sccc23)cc1. The van der Waals surface area contributed by atoms with Crippen LogP contribution in [0.2, 0.25) is 0 Å². The fourth-order valence-corrected chi connectivity index (χ4v) is 3.44. The molecule has 0 aliphatic heterocycles. The third-order valence-corrected chi connectivity index (χ3v) is 5.17. The van der Waals surface area contributed by atoms with Crippen molar-refractivity contribution in [1.82, 2.24) is 4.98 Å². The van der Waals surface area contributed by atoms with Gasteiger partial charge in [-0.15, -0.1) is 11.3 Å². The number of benzene rings is 1. The summed E-state index contributed by atoms with van der Waals surface area (Å²) in [6, 6.07) is 9.59. The lowest BCUT2D eigenvalue weighted by Gasteiger charge is -2.06. The highest BCUT2D eigenvalue weighted by Crippen LogP contribution is 2.26. The Kier molecular flexibility index (Phi) is 3.67. The summed E-state index contributed by atoms with van der Waals surface area (Å²) in [5, 5.41) is 5.57. The van der Waals surface area contributed by atoms with Crippen LogP contribution in [0.15, 0.2) is 52.9 Å². The van der Waals surface area contributed by atoms with Gasteiger partial charge in [-0.1, -0.05) is 0 Å². The van der Waals surface area contributed by atoms with Crippen LogP contribution < -0.4 is 5.32 Å². The number of thiophene rings is 1. The van der Waals surface area contributed by atoms with E-state index in [1.807, 2.05) is 17.5 Å². The van der Waals surface area contributed by atoms with Crippen LogP contribution >= 0.6 is 11.3 Å². The number of nitrogens with one attached hydrogen (secondary N) is 1. The van der Waals surface area contributed by atoms with Gasteiger partial charge >= 0.3 is 0 Å². The molecule has 112 valence electrons. The second-order valence-electron chi connectivity index (χ2n) is 4.74. The quantitative estimate of drug-likeness (QED) is 0.800. The maximum atomic E-state index is 12.2. The van der Waals surface area contributed by atoms with Gasteiger partial charge in [0, 0.05) is 28.1 Å². The van der Waals surface area contributed by atoms with E-state index in [0.717, 1.165) is 16.3 Å². The van der Waals surface area contributed by atoms with Crippen LogP contribution in [0, 0.1) is 0 Å². The van der Waals surface area contributed by atoms with Crippen molar-refractivity contribution in [2.45, 2.75) is 4.90 Å². The Labute approximate surface area is 131 Å². The first-order valence-corrected chi connectivity index (χ1v) is 9.16. The van der Waals surface area contributed by atoms with Gasteiger partial charge in [0.2, 0.25) is 0 Å². The fraction of sp³-hybridized carbons (Fsp3) is 0.0667. The van der Waals surface area contributed by atoms with E-state index in [4.69, 9.17) is 0 Å². The molecule has 22 heavy (non-hydrogen) atoms. The minimum atomic E-state index is -3.27. The standard InChI is InChI=1S/C15H12N2O3S2/c1-22(19,20)11-4-2-10(3-5-11)15(18)17-14-12-7-9-21-13(12)6-8-16-14/h2-9H,1H3,(H,16,17,18). The molecule has 1 aromatic carbocycles. The Morgan fingerprint density at radius 3 is 2.55 bits per heavy atom. The number of anilines is 1. The largest absolute Gasteiger partial charge is 0.306 e. The van der Waals surface area contributed by atoms with E-state index >= 15 is 0 Å². The van der Waals surface area contributed by atoms with E-state index in [1.165, 1.54) is 24.3 Å². The molecule has 1 amide bonds.